The Morgan fingerprint density at radius 3 is 2.50 bits per heavy atom. The minimum absolute atomic E-state index is 0.0563. The summed E-state index contributed by atoms with van der Waals surface area (Å²) in [4.78, 5) is 12.2. The van der Waals surface area contributed by atoms with E-state index in [0.29, 0.717) is 10.0 Å². The highest BCUT2D eigenvalue weighted by atomic mass is 79.9. The number of carbonyl (C=O) groups is 1. The lowest BCUT2D eigenvalue weighted by Gasteiger charge is -2.39. The summed E-state index contributed by atoms with van der Waals surface area (Å²) in [6, 6.07) is 6.47. The highest BCUT2D eigenvalue weighted by Crippen LogP contribution is 2.41. The van der Waals surface area contributed by atoms with Gasteiger partial charge < -0.3 is 10.0 Å². The van der Waals surface area contributed by atoms with E-state index in [1.807, 2.05) is 0 Å². The van der Waals surface area contributed by atoms with Crippen LogP contribution in [-0.2, 0) is 0 Å². The van der Waals surface area contributed by atoms with Crippen molar-refractivity contribution in [2.45, 2.75) is 25.1 Å². The van der Waals surface area contributed by atoms with Crippen LogP contribution < -0.4 is 0 Å². The van der Waals surface area contributed by atoms with Crippen LogP contribution >= 0.6 is 15.9 Å². The topological polar surface area (TPSA) is 40.5 Å². The van der Waals surface area contributed by atoms with Crippen LogP contribution in [0.15, 0.2) is 28.7 Å². The number of carboxylic acid groups (broad SMARTS) is 1. The normalized spacial score (nSPS) is 23.7. The number of piperidine rings is 1. The number of likely N-dealkylation sites (tertiary alicyclic amines) is 1. The predicted octanol–water partition coefficient (Wildman–Crippen LogP) is 4.44. The van der Waals surface area contributed by atoms with Crippen molar-refractivity contribution >= 4 is 22.0 Å². The van der Waals surface area contributed by atoms with Gasteiger partial charge in [-0.1, -0.05) is 34.1 Å². The second-order valence-electron chi connectivity index (χ2n) is 4.79. The van der Waals surface area contributed by atoms with Crippen molar-refractivity contribution in [3.63, 3.8) is 0 Å². The fourth-order valence-corrected chi connectivity index (χ4v) is 3.07. The SMILES string of the molecule is O=C(O)N1CC(C(F)(F)F)CCC1c1ccccc1Br. The van der Waals surface area contributed by atoms with Gasteiger partial charge in [-0.25, -0.2) is 4.79 Å². The molecule has 2 rings (SSSR count). The number of rotatable bonds is 1. The van der Waals surface area contributed by atoms with E-state index in [0.717, 1.165) is 4.90 Å². The molecule has 2 unspecified atom stereocenters. The van der Waals surface area contributed by atoms with Crippen LogP contribution in [0, 0.1) is 5.92 Å². The zero-order chi connectivity index (χ0) is 14.9. The Bertz CT molecular complexity index is 507. The third-order valence-electron chi connectivity index (χ3n) is 3.55. The number of hydrogen-bond acceptors (Lipinski definition) is 1. The zero-order valence-electron chi connectivity index (χ0n) is 10.4. The summed E-state index contributed by atoms with van der Waals surface area (Å²) in [5.74, 6) is -1.59. The molecule has 1 fully saturated rings. The van der Waals surface area contributed by atoms with Crippen LogP contribution in [0.25, 0.3) is 0 Å². The molecule has 0 saturated carbocycles. The van der Waals surface area contributed by atoms with Gasteiger partial charge >= 0.3 is 12.3 Å². The quantitative estimate of drug-likeness (QED) is 0.812. The summed E-state index contributed by atoms with van der Waals surface area (Å²) in [6.07, 6.45) is -5.56. The second-order valence-corrected chi connectivity index (χ2v) is 5.64. The van der Waals surface area contributed by atoms with E-state index >= 15 is 0 Å². The number of amides is 1. The lowest BCUT2D eigenvalue weighted by atomic mass is 9.89. The molecule has 110 valence electrons. The molecule has 0 bridgehead atoms. The summed E-state index contributed by atoms with van der Waals surface area (Å²) < 4.78 is 39.0. The summed E-state index contributed by atoms with van der Waals surface area (Å²) in [5, 5.41) is 9.19. The fourth-order valence-electron chi connectivity index (χ4n) is 2.52. The Hall–Kier alpha value is -1.24. The van der Waals surface area contributed by atoms with Crippen molar-refractivity contribution in [1.29, 1.82) is 0 Å². The number of alkyl halides is 3. The molecule has 2 atom stereocenters. The van der Waals surface area contributed by atoms with Gasteiger partial charge in [-0.3, -0.25) is 0 Å². The van der Waals surface area contributed by atoms with Crippen LogP contribution in [0.1, 0.15) is 24.4 Å². The standard InChI is InChI=1S/C13H13BrF3NO2/c14-10-4-2-1-3-9(10)11-6-5-8(13(15,16)17)7-18(11)12(19)20/h1-4,8,11H,5-7H2,(H,19,20). The first-order chi connectivity index (χ1) is 9.30. The third kappa shape index (κ3) is 3.08. The molecule has 0 radical (unpaired) electrons. The van der Waals surface area contributed by atoms with Gasteiger partial charge in [0.25, 0.3) is 0 Å². The second kappa shape index (κ2) is 5.63. The largest absolute Gasteiger partial charge is 0.465 e. The van der Waals surface area contributed by atoms with E-state index in [1.54, 1.807) is 24.3 Å². The average Bonchev–Trinajstić information content (AvgIpc) is 2.37. The molecular formula is C13H13BrF3NO2. The monoisotopic (exact) mass is 351 g/mol. The van der Waals surface area contributed by atoms with Gasteiger partial charge in [-0.15, -0.1) is 0 Å². The minimum Gasteiger partial charge on any atom is -0.465 e. The van der Waals surface area contributed by atoms with Crippen LogP contribution in [0.5, 0.6) is 0 Å². The number of benzene rings is 1. The first-order valence-corrected chi connectivity index (χ1v) is 6.90. The number of nitrogens with zero attached hydrogens (tertiary/aromatic N) is 1. The molecular weight excluding hydrogens is 339 g/mol. The molecule has 0 aliphatic carbocycles. The van der Waals surface area contributed by atoms with Gasteiger partial charge in [-0.05, 0) is 24.5 Å². The maximum Gasteiger partial charge on any atom is 0.407 e. The van der Waals surface area contributed by atoms with E-state index in [-0.39, 0.29) is 12.8 Å². The molecule has 1 aromatic rings. The molecule has 1 saturated heterocycles. The summed E-state index contributed by atoms with van der Waals surface area (Å²) in [5.41, 5.74) is 0.704. The first-order valence-electron chi connectivity index (χ1n) is 6.11. The summed E-state index contributed by atoms with van der Waals surface area (Å²) >= 11 is 3.32. The Labute approximate surface area is 122 Å². The highest BCUT2D eigenvalue weighted by Gasteiger charge is 2.45. The smallest absolute Gasteiger partial charge is 0.407 e. The van der Waals surface area contributed by atoms with Gasteiger partial charge in [0.15, 0.2) is 0 Å². The van der Waals surface area contributed by atoms with Crippen LogP contribution in [0.3, 0.4) is 0 Å². The molecule has 0 aromatic heterocycles. The van der Waals surface area contributed by atoms with Gasteiger partial charge in [-0.2, -0.15) is 13.2 Å². The molecule has 20 heavy (non-hydrogen) atoms. The Morgan fingerprint density at radius 2 is 1.95 bits per heavy atom. The predicted molar refractivity (Wildman–Crippen MR) is 70.4 cm³/mol. The van der Waals surface area contributed by atoms with Gasteiger partial charge in [0, 0.05) is 11.0 Å². The lowest BCUT2D eigenvalue weighted by Crippen LogP contribution is -2.45. The van der Waals surface area contributed by atoms with Gasteiger partial charge in [0.2, 0.25) is 0 Å². The molecule has 1 amide bonds. The van der Waals surface area contributed by atoms with Crippen molar-refractivity contribution in [1.82, 2.24) is 4.90 Å². The van der Waals surface area contributed by atoms with Crippen molar-refractivity contribution in [3.05, 3.63) is 34.3 Å². The van der Waals surface area contributed by atoms with Crippen LogP contribution in [-0.4, -0.2) is 28.8 Å². The molecule has 3 nitrogen and oxygen atoms in total. The molecule has 1 aromatic carbocycles. The summed E-state index contributed by atoms with van der Waals surface area (Å²) in [6.45, 7) is -0.509. The maximum absolute atomic E-state index is 12.8. The van der Waals surface area contributed by atoms with Gasteiger partial charge in [0.05, 0.1) is 12.0 Å². The van der Waals surface area contributed by atoms with Crippen LogP contribution in [0.2, 0.25) is 0 Å². The molecule has 1 N–H and O–H groups in total. The van der Waals surface area contributed by atoms with Crippen molar-refractivity contribution in [2.75, 3.05) is 6.54 Å². The van der Waals surface area contributed by atoms with E-state index < -0.39 is 30.8 Å². The number of halogens is 4. The van der Waals surface area contributed by atoms with Crippen molar-refractivity contribution < 1.29 is 23.1 Å². The molecule has 1 aliphatic rings. The lowest BCUT2D eigenvalue weighted by molar-refractivity contribution is -0.188. The van der Waals surface area contributed by atoms with E-state index in [9.17, 15) is 23.1 Å². The fraction of sp³-hybridized carbons (Fsp3) is 0.462. The number of hydrogen-bond donors (Lipinski definition) is 1. The Morgan fingerprint density at radius 1 is 1.30 bits per heavy atom. The maximum atomic E-state index is 12.8. The van der Waals surface area contributed by atoms with E-state index in [1.165, 1.54) is 0 Å². The minimum atomic E-state index is -4.35. The molecule has 0 spiro atoms. The zero-order valence-corrected chi connectivity index (χ0v) is 12.0. The average molecular weight is 352 g/mol. The van der Waals surface area contributed by atoms with Crippen molar-refractivity contribution in [2.24, 2.45) is 5.92 Å². The first kappa shape index (κ1) is 15.2. The Balaban J connectivity index is 2.27. The third-order valence-corrected chi connectivity index (χ3v) is 4.28. The Kier molecular flexibility index (Phi) is 4.27. The van der Waals surface area contributed by atoms with E-state index in [2.05, 4.69) is 15.9 Å². The summed E-state index contributed by atoms with van der Waals surface area (Å²) in [7, 11) is 0. The van der Waals surface area contributed by atoms with Gasteiger partial charge in [0.1, 0.15) is 0 Å². The molecule has 1 heterocycles. The van der Waals surface area contributed by atoms with E-state index in [4.69, 9.17) is 0 Å². The molecule has 7 heteroatoms. The van der Waals surface area contributed by atoms with Crippen molar-refractivity contribution in [3.8, 4) is 0 Å². The van der Waals surface area contributed by atoms with Crippen LogP contribution in [0.4, 0.5) is 18.0 Å². The molecule has 1 aliphatic heterocycles. The highest BCUT2D eigenvalue weighted by molar-refractivity contribution is 9.10.